The third-order valence-corrected chi connectivity index (χ3v) is 1.81. The Kier molecular flexibility index (Phi) is 4.44. The van der Waals surface area contributed by atoms with Crippen molar-refractivity contribution in [3.05, 3.63) is 0 Å². The smallest absolute Gasteiger partial charge is 0.410 e. The second-order valence-electron chi connectivity index (χ2n) is 4.36. The number of likely N-dealkylation sites (N-methyl/N-ethyl adjacent to an activating group) is 2. The molecule has 0 aromatic rings. The van der Waals surface area contributed by atoms with Crippen molar-refractivity contribution in [3.8, 4) is 0 Å². The minimum Gasteiger partial charge on any atom is -1.00 e. The molecule has 0 bridgehead atoms. The summed E-state index contributed by atoms with van der Waals surface area (Å²) >= 11 is 0. The van der Waals surface area contributed by atoms with Gasteiger partial charge < -0.3 is 38.1 Å². The average molecular weight is 300 g/mol. The minimum absolute atomic E-state index is 0. The van der Waals surface area contributed by atoms with E-state index in [1.165, 1.54) is 0 Å². The number of ether oxygens (including phenoxy) is 1. The first kappa shape index (κ1) is 13.0. The number of cyclic esters (lactones) is 1. The van der Waals surface area contributed by atoms with Crippen LogP contribution < -0.4 is 24.0 Å². The van der Waals surface area contributed by atoms with Crippen molar-refractivity contribution in [1.29, 1.82) is 0 Å². The third kappa shape index (κ3) is 4.12. The maximum absolute atomic E-state index is 11.0. The van der Waals surface area contributed by atoms with Crippen molar-refractivity contribution in [2.45, 2.75) is 6.10 Å². The number of halogens is 1. The predicted octanol–water partition coefficient (Wildman–Crippen LogP) is -2.85. The van der Waals surface area contributed by atoms with Gasteiger partial charge in [0.2, 0.25) is 0 Å². The lowest BCUT2D eigenvalue weighted by molar-refractivity contribution is -0.873. The van der Waals surface area contributed by atoms with E-state index < -0.39 is 0 Å². The van der Waals surface area contributed by atoms with Gasteiger partial charge in [-0.2, -0.15) is 0 Å². The number of carbonyl (C=O) groups is 1. The Labute approximate surface area is 96.4 Å². The first-order chi connectivity index (χ1) is 5.38. The predicted molar refractivity (Wildman–Crippen MR) is 45.8 cm³/mol. The molecule has 0 N–H and O–H groups in total. The van der Waals surface area contributed by atoms with Crippen molar-refractivity contribution in [3.63, 3.8) is 0 Å². The number of carbonyl (C=O) groups excluding carboxylic acids is 1. The largest absolute Gasteiger partial charge is 1.00 e. The zero-order valence-electron chi connectivity index (χ0n) is 8.58. The van der Waals surface area contributed by atoms with Crippen molar-refractivity contribution in [1.82, 2.24) is 4.90 Å². The fourth-order valence-electron chi connectivity index (χ4n) is 1.36. The molecule has 0 unspecified atom stereocenters. The Bertz CT molecular complexity index is 191. The molecule has 0 aromatic heterocycles. The van der Waals surface area contributed by atoms with E-state index in [4.69, 9.17) is 4.74 Å². The summed E-state index contributed by atoms with van der Waals surface area (Å²) in [5.74, 6) is 0. The summed E-state index contributed by atoms with van der Waals surface area (Å²) in [7, 11) is 8.03. The number of amides is 1. The van der Waals surface area contributed by atoms with E-state index in [0.717, 1.165) is 11.0 Å². The zero-order valence-corrected chi connectivity index (χ0v) is 10.7. The summed E-state index contributed by atoms with van der Waals surface area (Å²) in [6, 6.07) is 0. The Balaban J connectivity index is 0.00000144. The van der Waals surface area contributed by atoms with Crippen LogP contribution in [0.15, 0.2) is 0 Å². The van der Waals surface area contributed by atoms with Crippen LogP contribution in [-0.4, -0.2) is 62.9 Å². The van der Waals surface area contributed by atoms with Gasteiger partial charge in [0.25, 0.3) is 0 Å². The normalized spacial score (nSPS) is 22.6. The van der Waals surface area contributed by atoms with Gasteiger partial charge in [0.05, 0.1) is 27.7 Å². The van der Waals surface area contributed by atoms with Gasteiger partial charge in [-0.05, 0) is 0 Å². The number of rotatable bonds is 2. The molecule has 1 rings (SSSR count). The van der Waals surface area contributed by atoms with Crippen LogP contribution >= 0.6 is 0 Å². The van der Waals surface area contributed by atoms with Gasteiger partial charge in [0, 0.05) is 7.05 Å². The van der Waals surface area contributed by atoms with Crippen molar-refractivity contribution in [2.75, 3.05) is 41.3 Å². The highest BCUT2D eigenvalue weighted by molar-refractivity contribution is 5.69. The summed E-state index contributed by atoms with van der Waals surface area (Å²) in [4.78, 5) is 12.6. The molecular formula is C8H17IN2O2. The molecule has 1 aliphatic rings. The second kappa shape index (κ2) is 4.45. The molecule has 0 aromatic carbocycles. The van der Waals surface area contributed by atoms with Crippen LogP contribution in [-0.2, 0) is 4.74 Å². The van der Waals surface area contributed by atoms with Gasteiger partial charge in [0.1, 0.15) is 6.54 Å². The standard InChI is InChI=1S/C8H17N2O2.HI/c1-9-5-7(12-8(9)11)6-10(2,3)4;/h7H,5-6H2,1-4H3;1H/q+1;/p-1/t7-;/m1./s1. The van der Waals surface area contributed by atoms with Gasteiger partial charge in [-0.1, -0.05) is 0 Å². The third-order valence-electron chi connectivity index (χ3n) is 1.81. The van der Waals surface area contributed by atoms with E-state index in [2.05, 4.69) is 21.1 Å². The molecule has 1 amide bonds. The van der Waals surface area contributed by atoms with Crippen molar-refractivity contribution in [2.24, 2.45) is 0 Å². The number of quaternary nitrogens is 1. The lowest BCUT2D eigenvalue weighted by atomic mass is 10.3. The number of hydrogen-bond donors (Lipinski definition) is 0. The quantitative estimate of drug-likeness (QED) is 0.406. The summed E-state index contributed by atoms with van der Waals surface area (Å²) < 4.78 is 5.95. The number of hydrogen-bond acceptors (Lipinski definition) is 2. The molecule has 4 nitrogen and oxygen atoms in total. The van der Waals surface area contributed by atoms with E-state index in [1.54, 1.807) is 11.9 Å². The molecule has 1 aliphatic heterocycles. The van der Waals surface area contributed by atoms with Crippen LogP contribution in [0.5, 0.6) is 0 Å². The van der Waals surface area contributed by atoms with Crippen LogP contribution in [0.4, 0.5) is 4.79 Å². The van der Waals surface area contributed by atoms with E-state index >= 15 is 0 Å². The molecule has 0 aliphatic carbocycles. The molecule has 0 spiro atoms. The SMILES string of the molecule is CN1C[C@H](C[N+](C)(C)C)OC1=O.[I-]. The summed E-state index contributed by atoms with van der Waals surface area (Å²) in [5, 5.41) is 0. The summed E-state index contributed by atoms with van der Waals surface area (Å²) in [6.45, 7) is 1.59. The Hall–Kier alpha value is -0.0400. The van der Waals surface area contributed by atoms with E-state index in [0.29, 0.717) is 6.54 Å². The molecule has 1 fully saturated rings. The molecule has 0 saturated carbocycles. The Morgan fingerprint density at radius 1 is 1.54 bits per heavy atom. The molecular weight excluding hydrogens is 283 g/mol. The van der Waals surface area contributed by atoms with E-state index in [9.17, 15) is 4.79 Å². The fourth-order valence-corrected chi connectivity index (χ4v) is 1.36. The molecule has 1 atom stereocenters. The highest BCUT2D eigenvalue weighted by Crippen LogP contribution is 2.10. The molecule has 5 heteroatoms. The maximum Gasteiger partial charge on any atom is 0.410 e. The summed E-state index contributed by atoms with van der Waals surface area (Å²) in [6.07, 6.45) is -0.143. The molecule has 78 valence electrons. The van der Waals surface area contributed by atoms with Crippen LogP contribution in [0.2, 0.25) is 0 Å². The zero-order chi connectivity index (χ0) is 9.35. The lowest BCUT2D eigenvalue weighted by Crippen LogP contribution is -3.00. The second-order valence-corrected chi connectivity index (χ2v) is 4.36. The van der Waals surface area contributed by atoms with Gasteiger partial charge >= 0.3 is 6.09 Å². The van der Waals surface area contributed by atoms with E-state index in [-0.39, 0.29) is 36.2 Å². The fraction of sp³-hybridized carbons (Fsp3) is 0.875. The van der Waals surface area contributed by atoms with Gasteiger partial charge in [0.15, 0.2) is 6.10 Å². The minimum atomic E-state index is -0.201. The monoisotopic (exact) mass is 300 g/mol. The van der Waals surface area contributed by atoms with Gasteiger partial charge in [-0.15, -0.1) is 0 Å². The van der Waals surface area contributed by atoms with Crippen LogP contribution in [0, 0.1) is 0 Å². The topological polar surface area (TPSA) is 29.5 Å². The number of nitrogens with zero attached hydrogens (tertiary/aromatic N) is 2. The average Bonchev–Trinajstić information content (AvgIpc) is 2.07. The van der Waals surface area contributed by atoms with Gasteiger partial charge in [-0.3, -0.25) is 0 Å². The first-order valence-electron chi connectivity index (χ1n) is 4.11. The lowest BCUT2D eigenvalue weighted by Gasteiger charge is -2.25. The Morgan fingerprint density at radius 2 is 2.08 bits per heavy atom. The highest BCUT2D eigenvalue weighted by Gasteiger charge is 2.31. The maximum atomic E-state index is 11.0. The Morgan fingerprint density at radius 3 is 2.38 bits per heavy atom. The molecule has 13 heavy (non-hydrogen) atoms. The van der Waals surface area contributed by atoms with E-state index in [1.807, 2.05) is 0 Å². The molecule has 1 heterocycles. The van der Waals surface area contributed by atoms with Crippen molar-refractivity contribution < 1.29 is 38.0 Å². The van der Waals surface area contributed by atoms with Gasteiger partial charge in [-0.25, -0.2) is 4.79 Å². The van der Waals surface area contributed by atoms with Crippen LogP contribution in [0.3, 0.4) is 0 Å². The van der Waals surface area contributed by atoms with Crippen molar-refractivity contribution >= 4 is 6.09 Å². The van der Waals surface area contributed by atoms with Crippen LogP contribution in [0.1, 0.15) is 0 Å². The molecule has 0 radical (unpaired) electrons. The summed E-state index contributed by atoms with van der Waals surface area (Å²) in [5.41, 5.74) is 0. The molecule has 1 saturated heterocycles. The van der Waals surface area contributed by atoms with Crippen LogP contribution in [0.25, 0.3) is 0 Å². The highest BCUT2D eigenvalue weighted by atomic mass is 127. The first-order valence-corrected chi connectivity index (χ1v) is 4.11.